The molecule has 0 spiro atoms. The first kappa shape index (κ1) is 24.9. The average Bonchev–Trinajstić information content (AvgIpc) is 3.29. The third-order valence-electron chi connectivity index (χ3n) is 7.09. The number of unbranched alkanes of at least 4 members (excludes halogenated alkanes) is 1. The van der Waals surface area contributed by atoms with Gasteiger partial charge in [0.2, 0.25) is 0 Å². The van der Waals surface area contributed by atoms with E-state index in [1.807, 2.05) is 38.1 Å². The van der Waals surface area contributed by atoms with Gasteiger partial charge in [0.15, 0.2) is 0 Å². The maximum atomic E-state index is 14.6. The number of halogens is 1. The van der Waals surface area contributed by atoms with Crippen molar-refractivity contribution >= 4 is 5.97 Å². The fourth-order valence-electron chi connectivity index (χ4n) is 5.38. The summed E-state index contributed by atoms with van der Waals surface area (Å²) < 4.78 is 19.8. The summed E-state index contributed by atoms with van der Waals surface area (Å²) in [5, 5.41) is 21.1. The Morgan fingerprint density at radius 2 is 1.88 bits per heavy atom. The second-order valence-corrected chi connectivity index (χ2v) is 9.87. The smallest absolute Gasteiger partial charge is 0.306 e. The zero-order valence-electron chi connectivity index (χ0n) is 19.5. The van der Waals surface area contributed by atoms with Crippen LogP contribution in [0.5, 0.6) is 0 Å². The highest BCUT2D eigenvalue weighted by atomic mass is 19.1. The SMILES string of the molecule is CC(C)OC(=O)CCC/C=C\C[C@@H]1[C@@H](CC[C@@H](O)C2Cc3ccccc3C2)[C@@H](F)C[C@@H]1O. The first-order valence-corrected chi connectivity index (χ1v) is 12.3. The second kappa shape index (κ2) is 11.9. The van der Waals surface area contributed by atoms with Gasteiger partial charge in [-0.15, -0.1) is 0 Å². The van der Waals surface area contributed by atoms with Crippen LogP contribution in [0.4, 0.5) is 4.39 Å². The van der Waals surface area contributed by atoms with E-state index in [0.29, 0.717) is 25.7 Å². The molecular formula is C27H39FO4. The van der Waals surface area contributed by atoms with Gasteiger partial charge in [0.05, 0.1) is 18.3 Å². The Morgan fingerprint density at radius 1 is 1.19 bits per heavy atom. The number of rotatable bonds is 11. The number of carbonyl (C=O) groups is 1. The zero-order chi connectivity index (χ0) is 23.1. The number of alkyl halides is 1. The minimum Gasteiger partial charge on any atom is -0.463 e. The molecule has 0 heterocycles. The molecule has 5 atom stereocenters. The standard InChI is InChI=1S/C27H39FO4/c1-18(2)32-27(31)12-6-4-3-5-11-23-22(24(28)17-26(23)30)13-14-25(29)21-15-19-9-7-8-10-20(19)16-21/h3,5,7-10,18,21-26,29-30H,4,6,11-17H2,1-2H3/b5-3-/t22-,23-,24+,25-,26+/m1/s1. The van der Waals surface area contributed by atoms with Crippen LogP contribution in [0, 0.1) is 17.8 Å². The topological polar surface area (TPSA) is 66.8 Å². The third kappa shape index (κ3) is 6.89. The van der Waals surface area contributed by atoms with Crippen LogP contribution >= 0.6 is 0 Å². The van der Waals surface area contributed by atoms with Crippen LogP contribution in [0.3, 0.4) is 0 Å². The zero-order valence-corrected chi connectivity index (χ0v) is 19.5. The van der Waals surface area contributed by atoms with Crippen molar-refractivity contribution in [2.24, 2.45) is 17.8 Å². The molecule has 0 aromatic heterocycles. The van der Waals surface area contributed by atoms with Crippen LogP contribution in [0.25, 0.3) is 0 Å². The Bertz CT molecular complexity index is 737. The lowest BCUT2D eigenvalue weighted by Gasteiger charge is -2.24. The number of aliphatic hydroxyl groups is 2. The predicted octanol–water partition coefficient (Wildman–Crippen LogP) is 4.95. The molecule has 2 aliphatic rings. The molecule has 5 heteroatoms. The Hall–Kier alpha value is -1.72. The lowest BCUT2D eigenvalue weighted by molar-refractivity contribution is -0.147. The molecule has 1 saturated carbocycles. The maximum Gasteiger partial charge on any atom is 0.306 e. The Labute approximate surface area is 191 Å². The number of fused-ring (bicyclic) bond motifs is 1. The summed E-state index contributed by atoms with van der Waals surface area (Å²) in [5.74, 6) is -0.296. The number of allylic oxidation sites excluding steroid dienone is 2. The summed E-state index contributed by atoms with van der Waals surface area (Å²) in [6.45, 7) is 3.68. The van der Waals surface area contributed by atoms with Crippen molar-refractivity contribution in [3.63, 3.8) is 0 Å². The van der Waals surface area contributed by atoms with Crippen molar-refractivity contribution < 1.29 is 24.1 Å². The largest absolute Gasteiger partial charge is 0.463 e. The molecule has 2 aliphatic carbocycles. The summed E-state index contributed by atoms with van der Waals surface area (Å²) in [7, 11) is 0. The van der Waals surface area contributed by atoms with Crippen molar-refractivity contribution in [3.8, 4) is 0 Å². The number of benzene rings is 1. The molecule has 3 rings (SSSR count). The van der Waals surface area contributed by atoms with Crippen molar-refractivity contribution in [3.05, 3.63) is 47.5 Å². The average molecular weight is 447 g/mol. The molecule has 1 aromatic rings. The summed E-state index contributed by atoms with van der Waals surface area (Å²) in [6, 6.07) is 8.33. The number of aliphatic hydroxyl groups excluding tert-OH is 2. The monoisotopic (exact) mass is 446 g/mol. The van der Waals surface area contributed by atoms with Gasteiger partial charge in [-0.3, -0.25) is 4.79 Å². The summed E-state index contributed by atoms with van der Waals surface area (Å²) >= 11 is 0. The van der Waals surface area contributed by atoms with Gasteiger partial charge in [-0.25, -0.2) is 4.39 Å². The molecule has 0 unspecified atom stereocenters. The summed E-state index contributed by atoms with van der Waals surface area (Å²) in [4.78, 5) is 11.6. The number of hydrogen-bond acceptors (Lipinski definition) is 4. The van der Waals surface area contributed by atoms with Crippen LogP contribution in [0.15, 0.2) is 36.4 Å². The summed E-state index contributed by atoms with van der Waals surface area (Å²) in [5.41, 5.74) is 2.63. The molecule has 0 radical (unpaired) electrons. The highest BCUT2D eigenvalue weighted by Crippen LogP contribution is 2.41. The number of hydrogen-bond donors (Lipinski definition) is 2. The molecule has 0 aliphatic heterocycles. The highest BCUT2D eigenvalue weighted by molar-refractivity contribution is 5.69. The number of ether oxygens (including phenoxy) is 1. The van der Waals surface area contributed by atoms with E-state index in [1.165, 1.54) is 11.1 Å². The van der Waals surface area contributed by atoms with Crippen molar-refractivity contribution in [2.45, 2.75) is 96.1 Å². The van der Waals surface area contributed by atoms with Gasteiger partial charge in [-0.2, -0.15) is 0 Å². The Kier molecular flexibility index (Phi) is 9.30. The minimum absolute atomic E-state index is 0.0880. The fourth-order valence-corrected chi connectivity index (χ4v) is 5.38. The van der Waals surface area contributed by atoms with E-state index < -0.39 is 18.4 Å². The van der Waals surface area contributed by atoms with E-state index in [1.54, 1.807) is 0 Å². The highest BCUT2D eigenvalue weighted by Gasteiger charge is 2.42. The van der Waals surface area contributed by atoms with E-state index in [4.69, 9.17) is 4.74 Å². The van der Waals surface area contributed by atoms with Gasteiger partial charge >= 0.3 is 5.97 Å². The lowest BCUT2D eigenvalue weighted by Crippen LogP contribution is -2.25. The third-order valence-corrected chi connectivity index (χ3v) is 7.09. The van der Waals surface area contributed by atoms with Crippen LogP contribution in [0.2, 0.25) is 0 Å². The van der Waals surface area contributed by atoms with E-state index in [9.17, 15) is 19.4 Å². The van der Waals surface area contributed by atoms with Crippen molar-refractivity contribution in [1.29, 1.82) is 0 Å². The van der Waals surface area contributed by atoms with Gasteiger partial charge in [-0.1, -0.05) is 36.4 Å². The maximum absolute atomic E-state index is 14.6. The van der Waals surface area contributed by atoms with E-state index in [-0.39, 0.29) is 36.2 Å². The van der Waals surface area contributed by atoms with E-state index in [0.717, 1.165) is 25.7 Å². The van der Waals surface area contributed by atoms with Gasteiger partial charge in [-0.05, 0) is 87.7 Å². The second-order valence-electron chi connectivity index (χ2n) is 9.87. The number of esters is 1. The van der Waals surface area contributed by atoms with Crippen molar-refractivity contribution in [2.75, 3.05) is 0 Å². The molecule has 178 valence electrons. The van der Waals surface area contributed by atoms with Gasteiger partial charge in [0.25, 0.3) is 0 Å². The van der Waals surface area contributed by atoms with E-state index >= 15 is 0 Å². The molecule has 1 aromatic carbocycles. The molecule has 32 heavy (non-hydrogen) atoms. The van der Waals surface area contributed by atoms with E-state index in [2.05, 4.69) is 12.1 Å². The molecule has 0 amide bonds. The molecule has 4 nitrogen and oxygen atoms in total. The molecule has 0 saturated heterocycles. The minimum atomic E-state index is -1.01. The first-order chi connectivity index (χ1) is 15.3. The Balaban J connectivity index is 1.41. The normalized spacial score (nSPS) is 26.7. The van der Waals surface area contributed by atoms with Crippen LogP contribution in [-0.4, -0.2) is 40.7 Å². The Morgan fingerprint density at radius 3 is 2.53 bits per heavy atom. The van der Waals surface area contributed by atoms with Crippen molar-refractivity contribution in [1.82, 2.24) is 0 Å². The van der Waals surface area contributed by atoms with Crippen LogP contribution < -0.4 is 0 Å². The number of carbonyl (C=O) groups excluding carboxylic acids is 1. The van der Waals surface area contributed by atoms with Gasteiger partial charge in [0.1, 0.15) is 6.17 Å². The molecule has 1 fully saturated rings. The fraction of sp³-hybridized carbons (Fsp3) is 0.667. The van der Waals surface area contributed by atoms with Crippen LogP contribution in [0.1, 0.15) is 69.9 Å². The predicted molar refractivity (Wildman–Crippen MR) is 124 cm³/mol. The molecule has 0 bridgehead atoms. The van der Waals surface area contributed by atoms with Gasteiger partial charge < -0.3 is 14.9 Å². The molecule has 2 N–H and O–H groups in total. The van der Waals surface area contributed by atoms with Crippen LogP contribution in [-0.2, 0) is 22.4 Å². The summed E-state index contributed by atoms with van der Waals surface area (Å²) in [6.07, 6.45) is 7.53. The van der Waals surface area contributed by atoms with Gasteiger partial charge in [0, 0.05) is 12.8 Å². The molecular weight excluding hydrogens is 407 g/mol. The lowest BCUT2D eigenvalue weighted by atomic mass is 9.84. The quantitative estimate of drug-likeness (QED) is 0.287. The first-order valence-electron chi connectivity index (χ1n) is 12.3.